The Labute approximate surface area is 127 Å². The van der Waals surface area contributed by atoms with Crippen LogP contribution in [0.25, 0.3) is 0 Å². The maximum absolute atomic E-state index is 12.6. The molecule has 0 aliphatic carbocycles. The number of anilines is 1. The van der Waals surface area contributed by atoms with Gasteiger partial charge in [0.1, 0.15) is 5.82 Å². The fourth-order valence-corrected chi connectivity index (χ4v) is 2.01. The van der Waals surface area contributed by atoms with Crippen LogP contribution in [0, 0.1) is 5.92 Å². The summed E-state index contributed by atoms with van der Waals surface area (Å²) < 4.78 is 5.10. The van der Waals surface area contributed by atoms with E-state index in [2.05, 4.69) is 31.1 Å². The Morgan fingerprint density at radius 3 is 2.86 bits per heavy atom. The Balaban J connectivity index is 2.81. The summed E-state index contributed by atoms with van der Waals surface area (Å²) >= 11 is 0. The third-order valence-electron chi connectivity index (χ3n) is 3.00. The topological polar surface area (TPSA) is 54.5 Å². The highest BCUT2D eigenvalue weighted by molar-refractivity contribution is 5.94. The molecule has 0 saturated carbocycles. The van der Waals surface area contributed by atoms with Gasteiger partial charge in [-0.2, -0.15) is 0 Å². The zero-order chi connectivity index (χ0) is 15.7. The van der Waals surface area contributed by atoms with E-state index in [0.29, 0.717) is 24.6 Å². The Morgan fingerprint density at radius 1 is 1.48 bits per heavy atom. The summed E-state index contributed by atoms with van der Waals surface area (Å²) in [6, 6.07) is 3.58. The monoisotopic (exact) mass is 293 g/mol. The quantitative estimate of drug-likeness (QED) is 0.760. The smallest absolute Gasteiger partial charge is 0.254 e. The van der Waals surface area contributed by atoms with E-state index in [1.807, 2.05) is 11.0 Å². The highest BCUT2D eigenvalue weighted by atomic mass is 16.5. The minimum atomic E-state index is 0.0303. The maximum atomic E-state index is 12.6. The second-order valence-corrected chi connectivity index (χ2v) is 5.49. The van der Waals surface area contributed by atoms with Gasteiger partial charge in [0.25, 0.3) is 5.91 Å². The minimum absolute atomic E-state index is 0.0303. The number of pyridine rings is 1. The molecule has 0 aliphatic heterocycles. The van der Waals surface area contributed by atoms with E-state index in [-0.39, 0.29) is 5.91 Å². The standard InChI is InChI=1S/C16H27N3O2/c1-5-7-17-15-11-14(6-8-18-15)16(20)19(9-10-21-4)12-13(2)3/h6,8,11,13H,5,7,9-10,12H2,1-4H3,(H,17,18). The van der Waals surface area contributed by atoms with Crippen LogP contribution in [-0.2, 0) is 4.74 Å². The average Bonchev–Trinajstić information content (AvgIpc) is 2.48. The van der Waals surface area contributed by atoms with Gasteiger partial charge >= 0.3 is 0 Å². The summed E-state index contributed by atoms with van der Waals surface area (Å²) in [5.74, 6) is 1.20. The number of hydrogen-bond acceptors (Lipinski definition) is 4. The molecule has 21 heavy (non-hydrogen) atoms. The van der Waals surface area contributed by atoms with Crippen LogP contribution in [0.15, 0.2) is 18.3 Å². The highest BCUT2D eigenvalue weighted by Crippen LogP contribution is 2.11. The molecule has 0 unspecified atom stereocenters. The first kappa shape index (κ1) is 17.4. The summed E-state index contributed by atoms with van der Waals surface area (Å²) in [6.07, 6.45) is 2.70. The number of carbonyl (C=O) groups is 1. The van der Waals surface area contributed by atoms with Crippen molar-refractivity contribution in [3.63, 3.8) is 0 Å². The molecule has 1 N–H and O–H groups in total. The molecule has 0 aromatic carbocycles. The van der Waals surface area contributed by atoms with Crippen LogP contribution in [0.4, 0.5) is 5.82 Å². The lowest BCUT2D eigenvalue weighted by molar-refractivity contribution is 0.0672. The fraction of sp³-hybridized carbons (Fsp3) is 0.625. The van der Waals surface area contributed by atoms with Gasteiger partial charge in [-0.3, -0.25) is 4.79 Å². The SMILES string of the molecule is CCCNc1cc(C(=O)N(CCOC)CC(C)C)ccn1. The summed E-state index contributed by atoms with van der Waals surface area (Å²) in [5.41, 5.74) is 0.667. The molecule has 5 nitrogen and oxygen atoms in total. The third kappa shape index (κ3) is 6.12. The lowest BCUT2D eigenvalue weighted by Crippen LogP contribution is -2.36. The molecule has 1 amide bonds. The average molecular weight is 293 g/mol. The predicted molar refractivity (Wildman–Crippen MR) is 85.6 cm³/mol. The predicted octanol–water partition coefficient (Wildman–Crippen LogP) is 2.65. The van der Waals surface area contributed by atoms with Crippen molar-refractivity contribution in [3.8, 4) is 0 Å². The Bertz CT molecular complexity index is 435. The van der Waals surface area contributed by atoms with Crippen molar-refractivity contribution in [2.75, 3.05) is 38.7 Å². The minimum Gasteiger partial charge on any atom is -0.383 e. The summed E-state index contributed by atoms with van der Waals surface area (Å²) in [6.45, 7) is 9.03. The number of nitrogens with one attached hydrogen (secondary N) is 1. The van der Waals surface area contributed by atoms with E-state index < -0.39 is 0 Å². The Kier molecular flexibility index (Phi) is 7.75. The van der Waals surface area contributed by atoms with Crippen LogP contribution < -0.4 is 5.32 Å². The first-order chi connectivity index (χ1) is 10.1. The molecule has 5 heteroatoms. The maximum Gasteiger partial charge on any atom is 0.254 e. The van der Waals surface area contributed by atoms with Crippen molar-refractivity contribution in [3.05, 3.63) is 23.9 Å². The van der Waals surface area contributed by atoms with Crippen LogP contribution in [0.2, 0.25) is 0 Å². The molecule has 1 aromatic heterocycles. The van der Waals surface area contributed by atoms with E-state index in [1.54, 1.807) is 19.4 Å². The van der Waals surface area contributed by atoms with Gasteiger partial charge in [-0.15, -0.1) is 0 Å². The van der Waals surface area contributed by atoms with Crippen molar-refractivity contribution in [2.45, 2.75) is 27.2 Å². The Morgan fingerprint density at radius 2 is 2.24 bits per heavy atom. The van der Waals surface area contributed by atoms with Crippen molar-refractivity contribution in [1.82, 2.24) is 9.88 Å². The van der Waals surface area contributed by atoms with Gasteiger partial charge in [0.15, 0.2) is 0 Å². The lowest BCUT2D eigenvalue weighted by atomic mass is 10.1. The van der Waals surface area contributed by atoms with E-state index in [4.69, 9.17) is 4.74 Å². The molecule has 0 spiro atoms. The highest BCUT2D eigenvalue weighted by Gasteiger charge is 2.17. The van der Waals surface area contributed by atoms with Crippen LogP contribution in [0.3, 0.4) is 0 Å². The zero-order valence-corrected chi connectivity index (χ0v) is 13.6. The second-order valence-electron chi connectivity index (χ2n) is 5.49. The molecule has 0 bridgehead atoms. The first-order valence-electron chi connectivity index (χ1n) is 7.56. The number of rotatable bonds is 9. The van der Waals surface area contributed by atoms with Crippen LogP contribution in [0.5, 0.6) is 0 Å². The van der Waals surface area contributed by atoms with Gasteiger partial charge < -0.3 is 15.0 Å². The molecular weight excluding hydrogens is 266 g/mol. The largest absolute Gasteiger partial charge is 0.383 e. The summed E-state index contributed by atoms with van der Waals surface area (Å²) in [5, 5.41) is 3.21. The zero-order valence-electron chi connectivity index (χ0n) is 13.6. The van der Waals surface area contributed by atoms with E-state index in [1.165, 1.54) is 0 Å². The molecule has 0 radical (unpaired) electrons. The normalized spacial score (nSPS) is 10.7. The molecule has 118 valence electrons. The van der Waals surface area contributed by atoms with Crippen molar-refractivity contribution in [1.29, 1.82) is 0 Å². The van der Waals surface area contributed by atoms with Crippen LogP contribution >= 0.6 is 0 Å². The van der Waals surface area contributed by atoms with E-state index in [0.717, 1.165) is 25.3 Å². The van der Waals surface area contributed by atoms with Crippen molar-refractivity contribution < 1.29 is 9.53 Å². The number of carbonyl (C=O) groups excluding carboxylic acids is 1. The van der Waals surface area contributed by atoms with Gasteiger partial charge in [-0.25, -0.2) is 4.98 Å². The molecular formula is C16H27N3O2. The summed E-state index contributed by atoms with van der Waals surface area (Å²) in [4.78, 5) is 18.7. The van der Waals surface area contributed by atoms with Gasteiger partial charge in [-0.1, -0.05) is 20.8 Å². The van der Waals surface area contributed by atoms with Gasteiger partial charge in [0, 0.05) is 38.5 Å². The van der Waals surface area contributed by atoms with Gasteiger partial charge in [0.2, 0.25) is 0 Å². The number of amides is 1. The van der Waals surface area contributed by atoms with Crippen molar-refractivity contribution >= 4 is 11.7 Å². The number of methoxy groups -OCH3 is 1. The Hall–Kier alpha value is -1.62. The number of ether oxygens (including phenoxy) is 1. The molecule has 1 rings (SSSR count). The summed E-state index contributed by atoms with van der Waals surface area (Å²) in [7, 11) is 1.65. The fourth-order valence-electron chi connectivity index (χ4n) is 2.01. The third-order valence-corrected chi connectivity index (χ3v) is 3.00. The number of nitrogens with zero attached hydrogens (tertiary/aromatic N) is 2. The van der Waals surface area contributed by atoms with Gasteiger partial charge in [0.05, 0.1) is 6.61 Å². The molecule has 0 saturated heterocycles. The van der Waals surface area contributed by atoms with Crippen LogP contribution in [0.1, 0.15) is 37.6 Å². The van der Waals surface area contributed by atoms with E-state index in [9.17, 15) is 4.79 Å². The molecule has 1 heterocycles. The molecule has 0 fully saturated rings. The van der Waals surface area contributed by atoms with E-state index >= 15 is 0 Å². The first-order valence-corrected chi connectivity index (χ1v) is 7.56. The van der Waals surface area contributed by atoms with Crippen LogP contribution in [-0.4, -0.2) is 49.1 Å². The van der Waals surface area contributed by atoms with Crippen molar-refractivity contribution in [2.24, 2.45) is 5.92 Å². The number of aromatic nitrogens is 1. The molecule has 1 aromatic rings. The molecule has 0 aliphatic rings. The molecule has 0 atom stereocenters. The van der Waals surface area contributed by atoms with Gasteiger partial charge in [-0.05, 0) is 24.5 Å². The lowest BCUT2D eigenvalue weighted by Gasteiger charge is -2.24. The number of hydrogen-bond donors (Lipinski definition) is 1. The second kappa shape index (κ2) is 9.34.